The summed E-state index contributed by atoms with van der Waals surface area (Å²) >= 11 is 0.950. The highest BCUT2D eigenvalue weighted by Gasteiger charge is 2.40. The number of hydrogen-bond acceptors (Lipinski definition) is 3. The molecule has 0 saturated heterocycles. The van der Waals surface area contributed by atoms with Crippen molar-refractivity contribution in [1.82, 2.24) is 0 Å². The number of nitrogens with zero attached hydrogens (tertiary/aromatic N) is 1. The number of thiophene rings is 1. The van der Waals surface area contributed by atoms with Crippen LogP contribution in [-0.4, -0.2) is 11.7 Å². The molecule has 1 aromatic heterocycles. The van der Waals surface area contributed by atoms with Crippen LogP contribution in [0.4, 0.5) is 13.2 Å². The van der Waals surface area contributed by atoms with Crippen LogP contribution in [0.25, 0.3) is 0 Å². The largest absolute Gasteiger partial charge is 0.418 e. The number of aliphatic imine (C=N–C) groups is 1. The number of amides is 1. The molecule has 1 amide bonds. The van der Waals surface area contributed by atoms with Gasteiger partial charge in [0.15, 0.2) is 0 Å². The molecule has 0 spiro atoms. The maximum absolute atomic E-state index is 12.8. The Morgan fingerprint density at radius 1 is 1.44 bits per heavy atom. The van der Waals surface area contributed by atoms with Crippen LogP contribution in [0.2, 0.25) is 0 Å². The molecule has 1 aliphatic heterocycles. The molecule has 16 heavy (non-hydrogen) atoms. The van der Waals surface area contributed by atoms with E-state index in [4.69, 9.17) is 5.73 Å². The number of amidine groups is 1. The standard InChI is InChI=1S/C9H7F3N2OS/c1-3-7(9(10,11)12)6-4(16-3)2-5(15)14-8(6)13/h2H2,1H3,(H2,13,14,15). The molecule has 1 aromatic rings. The van der Waals surface area contributed by atoms with Gasteiger partial charge in [0.05, 0.1) is 12.0 Å². The minimum absolute atomic E-state index is 0.0996. The Bertz CT molecular complexity index is 502. The second-order valence-electron chi connectivity index (χ2n) is 3.40. The van der Waals surface area contributed by atoms with Crippen LogP contribution in [0.3, 0.4) is 0 Å². The number of carbonyl (C=O) groups is 1. The molecule has 0 unspecified atom stereocenters. The fourth-order valence-corrected chi connectivity index (χ4v) is 2.90. The maximum Gasteiger partial charge on any atom is 0.418 e. The Labute approximate surface area is 92.8 Å². The van der Waals surface area contributed by atoms with Gasteiger partial charge in [-0.05, 0) is 6.92 Å². The van der Waals surface area contributed by atoms with E-state index in [1.807, 2.05) is 0 Å². The Hall–Kier alpha value is -1.37. The molecule has 0 bridgehead atoms. The number of carbonyl (C=O) groups excluding carboxylic acids is 1. The molecule has 1 aliphatic rings. The van der Waals surface area contributed by atoms with E-state index in [2.05, 4.69) is 4.99 Å². The Kier molecular flexibility index (Phi) is 2.30. The summed E-state index contributed by atoms with van der Waals surface area (Å²) in [5.74, 6) is -0.831. The first-order valence-electron chi connectivity index (χ1n) is 4.37. The van der Waals surface area contributed by atoms with E-state index in [1.54, 1.807) is 0 Å². The van der Waals surface area contributed by atoms with E-state index in [0.29, 0.717) is 4.88 Å². The number of nitrogens with two attached hydrogens (primary N) is 1. The summed E-state index contributed by atoms with van der Waals surface area (Å²) in [6, 6.07) is 0. The third-order valence-electron chi connectivity index (χ3n) is 2.25. The van der Waals surface area contributed by atoms with Crippen molar-refractivity contribution in [1.29, 1.82) is 0 Å². The summed E-state index contributed by atoms with van der Waals surface area (Å²) in [7, 11) is 0. The second kappa shape index (κ2) is 3.31. The summed E-state index contributed by atoms with van der Waals surface area (Å²) in [4.78, 5) is 14.9. The molecule has 0 radical (unpaired) electrons. The highest BCUT2D eigenvalue weighted by Crippen LogP contribution is 2.41. The number of halogens is 3. The van der Waals surface area contributed by atoms with Crippen molar-refractivity contribution >= 4 is 23.1 Å². The van der Waals surface area contributed by atoms with Crippen LogP contribution in [0, 0.1) is 6.92 Å². The molecule has 2 N–H and O–H groups in total. The fraction of sp³-hybridized carbons (Fsp3) is 0.333. The zero-order valence-corrected chi connectivity index (χ0v) is 9.00. The summed E-state index contributed by atoms with van der Waals surface area (Å²) in [5, 5.41) is 0. The summed E-state index contributed by atoms with van der Waals surface area (Å²) in [5.41, 5.74) is 4.50. The smallest absolute Gasteiger partial charge is 0.383 e. The molecule has 2 rings (SSSR count). The first-order chi connectivity index (χ1) is 7.30. The van der Waals surface area contributed by atoms with Crippen molar-refractivity contribution in [2.75, 3.05) is 0 Å². The van der Waals surface area contributed by atoms with Crippen LogP contribution in [0.1, 0.15) is 20.9 Å². The van der Waals surface area contributed by atoms with Crippen LogP contribution in [0.5, 0.6) is 0 Å². The first kappa shape index (κ1) is 11.1. The van der Waals surface area contributed by atoms with Gasteiger partial charge in [-0.1, -0.05) is 0 Å². The van der Waals surface area contributed by atoms with Gasteiger partial charge >= 0.3 is 6.18 Å². The van der Waals surface area contributed by atoms with E-state index < -0.39 is 17.6 Å². The van der Waals surface area contributed by atoms with Gasteiger partial charge in [-0.3, -0.25) is 4.79 Å². The molecule has 0 aromatic carbocycles. The lowest BCUT2D eigenvalue weighted by Crippen LogP contribution is -2.25. The molecule has 0 aliphatic carbocycles. The molecule has 0 saturated carbocycles. The van der Waals surface area contributed by atoms with Crippen molar-refractivity contribution in [3.63, 3.8) is 0 Å². The monoisotopic (exact) mass is 248 g/mol. The quantitative estimate of drug-likeness (QED) is 0.762. The zero-order chi connectivity index (χ0) is 12.1. The van der Waals surface area contributed by atoms with E-state index in [0.717, 1.165) is 11.3 Å². The number of aryl methyl sites for hydroxylation is 1. The molecule has 7 heteroatoms. The number of hydrogen-bond donors (Lipinski definition) is 1. The predicted octanol–water partition coefficient (Wildman–Crippen LogP) is 1.86. The lowest BCUT2D eigenvalue weighted by Gasteiger charge is -2.12. The lowest BCUT2D eigenvalue weighted by molar-refractivity contribution is -0.138. The third-order valence-corrected chi connectivity index (χ3v) is 3.36. The number of alkyl halides is 3. The summed E-state index contributed by atoms with van der Waals surface area (Å²) in [6.45, 7) is 1.36. The molecule has 3 nitrogen and oxygen atoms in total. The topological polar surface area (TPSA) is 55.4 Å². The fourth-order valence-electron chi connectivity index (χ4n) is 1.71. The van der Waals surface area contributed by atoms with Gasteiger partial charge in [-0.25, -0.2) is 0 Å². The molecular weight excluding hydrogens is 241 g/mol. The summed E-state index contributed by atoms with van der Waals surface area (Å²) in [6.07, 6.45) is -4.56. The minimum atomic E-state index is -4.46. The SMILES string of the molecule is Cc1sc2c(c1C(F)(F)F)C(N)=NC(=O)C2. The van der Waals surface area contributed by atoms with Crippen LogP contribution in [0.15, 0.2) is 4.99 Å². The van der Waals surface area contributed by atoms with Crippen molar-refractivity contribution < 1.29 is 18.0 Å². The van der Waals surface area contributed by atoms with E-state index in [1.165, 1.54) is 6.92 Å². The Morgan fingerprint density at radius 3 is 2.62 bits per heavy atom. The van der Waals surface area contributed by atoms with E-state index >= 15 is 0 Å². The minimum Gasteiger partial charge on any atom is -0.383 e. The van der Waals surface area contributed by atoms with Crippen molar-refractivity contribution in [3.8, 4) is 0 Å². The van der Waals surface area contributed by atoms with E-state index in [9.17, 15) is 18.0 Å². The molecule has 86 valence electrons. The van der Waals surface area contributed by atoms with Crippen molar-refractivity contribution in [2.45, 2.75) is 19.5 Å². The predicted molar refractivity (Wildman–Crippen MR) is 53.5 cm³/mol. The number of fused-ring (bicyclic) bond motifs is 1. The van der Waals surface area contributed by atoms with Crippen LogP contribution in [-0.2, 0) is 17.4 Å². The van der Waals surface area contributed by atoms with Gasteiger partial charge in [-0.15, -0.1) is 11.3 Å². The van der Waals surface area contributed by atoms with Crippen LogP contribution >= 0.6 is 11.3 Å². The molecule has 2 heterocycles. The van der Waals surface area contributed by atoms with E-state index in [-0.39, 0.29) is 22.7 Å². The van der Waals surface area contributed by atoms with Crippen molar-refractivity contribution in [3.05, 3.63) is 20.9 Å². The average Bonchev–Trinajstić information content (AvgIpc) is 2.39. The Morgan fingerprint density at radius 2 is 2.06 bits per heavy atom. The van der Waals surface area contributed by atoms with Gasteiger partial charge in [0, 0.05) is 15.3 Å². The van der Waals surface area contributed by atoms with Gasteiger partial charge in [-0.2, -0.15) is 18.2 Å². The van der Waals surface area contributed by atoms with Gasteiger partial charge in [0.25, 0.3) is 5.91 Å². The molecular formula is C9H7F3N2OS. The van der Waals surface area contributed by atoms with Crippen LogP contribution < -0.4 is 5.73 Å². The van der Waals surface area contributed by atoms with Crippen molar-refractivity contribution in [2.24, 2.45) is 10.7 Å². The average molecular weight is 248 g/mol. The third kappa shape index (κ3) is 1.60. The second-order valence-corrected chi connectivity index (χ2v) is 4.71. The highest BCUT2D eigenvalue weighted by atomic mass is 32.1. The number of rotatable bonds is 0. The normalized spacial score (nSPS) is 16.0. The van der Waals surface area contributed by atoms with Gasteiger partial charge in [0.1, 0.15) is 5.84 Å². The van der Waals surface area contributed by atoms with Gasteiger partial charge < -0.3 is 5.73 Å². The van der Waals surface area contributed by atoms with Gasteiger partial charge in [0.2, 0.25) is 0 Å². The maximum atomic E-state index is 12.8. The zero-order valence-electron chi connectivity index (χ0n) is 8.18. The molecule has 0 atom stereocenters. The first-order valence-corrected chi connectivity index (χ1v) is 5.19. The Balaban J connectivity index is 2.69. The lowest BCUT2D eigenvalue weighted by atomic mass is 10.0. The summed E-state index contributed by atoms with van der Waals surface area (Å²) < 4.78 is 38.3. The molecule has 0 fully saturated rings. The highest BCUT2D eigenvalue weighted by molar-refractivity contribution is 7.12.